The quantitative estimate of drug-likeness (QED) is 0.671. The summed E-state index contributed by atoms with van der Waals surface area (Å²) in [5, 5.41) is 25.7. The van der Waals surface area contributed by atoms with Gasteiger partial charge in [0.05, 0.1) is 11.6 Å². The number of aryl methyl sites for hydroxylation is 1. The summed E-state index contributed by atoms with van der Waals surface area (Å²) < 4.78 is 0. The van der Waals surface area contributed by atoms with Crippen molar-refractivity contribution in [3.8, 4) is 6.07 Å². The van der Waals surface area contributed by atoms with Gasteiger partial charge < -0.3 is 20.6 Å². The van der Waals surface area contributed by atoms with Crippen LogP contribution in [0.3, 0.4) is 0 Å². The fourth-order valence-corrected chi connectivity index (χ4v) is 4.26. The van der Waals surface area contributed by atoms with Gasteiger partial charge in [0.1, 0.15) is 0 Å². The first kappa shape index (κ1) is 21.8. The Labute approximate surface area is 189 Å². The zero-order valence-corrected chi connectivity index (χ0v) is 18.9. The maximum absolute atomic E-state index is 13.3. The molecule has 2 aliphatic heterocycles. The van der Waals surface area contributed by atoms with Crippen LogP contribution in [0, 0.1) is 35.0 Å². The van der Waals surface area contributed by atoms with Gasteiger partial charge in [0.25, 0.3) is 5.91 Å². The van der Waals surface area contributed by atoms with E-state index < -0.39 is 0 Å². The Hall–Kier alpha value is -3.46. The van der Waals surface area contributed by atoms with Crippen molar-refractivity contribution in [2.24, 2.45) is 5.92 Å². The van der Waals surface area contributed by atoms with Crippen LogP contribution in [0.4, 0.5) is 5.69 Å². The summed E-state index contributed by atoms with van der Waals surface area (Å²) in [5.41, 5.74) is 5.97. The van der Waals surface area contributed by atoms with E-state index in [2.05, 4.69) is 11.0 Å². The number of amides is 1. The molecule has 2 aliphatic rings. The molecule has 0 spiro atoms. The number of nitrogens with one attached hydrogen (secondary N) is 2. The minimum absolute atomic E-state index is 0.00386. The van der Waals surface area contributed by atoms with E-state index in [0.717, 1.165) is 41.9 Å². The van der Waals surface area contributed by atoms with Crippen LogP contribution in [0.1, 0.15) is 58.8 Å². The smallest absolute Gasteiger partial charge is 0.254 e. The average Bonchev–Trinajstić information content (AvgIpc) is 2.71. The van der Waals surface area contributed by atoms with Crippen molar-refractivity contribution in [3.05, 3.63) is 64.2 Å². The minimum atomic E-state index is -0.287. The maximum atomic E-state index is 13.3. The molecule has 2 N–H and O–H groups in total. The van der Waals surface area contributed by atoms with Crippen LogP contribution in [0.5, 0.6) is 0 Å². The molecule has 1 amide bonds. The molecule has 2 fully saturated rings. The molecule has 2 heterocycles. The van der Waals surface area contributed by atoms with Gasteiger partial charge in [0, 0.05) is 66.3 Å². The number of nitrogens with zero attached hydrogens (tertiary/aromatic N) is 3. The predicted octanol–water partition coefficient (Wildman–Crippen LogP) is 4.36. The number of anilines is 1. The Balaban J connectivity index is 1.57. The van der Waals surface area contributed by atoms with Gasteiger partial charge in [0.15, 0.2) is 0 Å². The fourth-order valence-electron chi connectivity index (χ4n) is 4.26. The fraction of sp³-hybridized carbons (Fsp3) is 0.385. The third-order valence-electron chi connectivity index (χ3n) is 6.82. The second-order valence-corrected chi connectivity index (χ2v) is 8.98. The number of benzene rings is 2. The van der Waals surface area contributed by atoms with Crippen molar-refractivity contribution in [2.45, 2.75) is 33.1 Å². The number of likely N-dealkylation sites (tertiary alicyclic amines) is 1. The van der Waals surface area contributed by atoms with Crippen LogP contribution in [0.25, 0.3) is 0 Å². The first-order chi connectivity index (χ1) is 15.3. The van der Waals surface area contributed by atoms with Crippen LogP contribution < -0.4 is 4.90 Å². The molecule has 164 valence electrons. The highest BCUT2D eigenvalue weighted by Gasteiger charge is 2.34. The lowest BCUT2D eigenvalue weighted by molar-refractivity contribution is 0.0601. The zero-order chi connectivity index (χ0) is 23.0. The number of hydrogen-bond acceptors (Lipinski definition) is 5. The van der Waals surface area contributed by atoms with Gasteiger partial charge >= 0.3 is 0 Å². The van der Waals surface area contributed by atoms with Crippen LogP contribution in [0.2, 0.25) is 0 Å². The van der Waals surface area contributed by atoms with E-state index in [4.69, 9.17) is 16.1 Å². The summed E-state index contributed by atoms with van der Waals surface area (Å²) in [4.78, 5) is 17.4. The topological polar surface area (TPSA) is 95.0 Å². The minimum Gasteiger partial charge on any atom is -0.371 e. The van der Waals surface area contributed by atoms with Crippen molar-refractivity contribution in [3.63, 3.8) is 0 Å². The normalized spacial score (nSPS) is 16.6. The van der Waals surface area contributed by atoms with Gasteiger partial charge in [-0.3, -0.25) is 4.79 Å². The molecule has 1 atom stereocenters. The Morgan fingerprint density at radius 1 is 1.12 bits per heavy atom. The summed E-state index contributed by atoms with van der Waals surface area (Å²) in [6.07, 6.45) is 1.14. The van der Waals surface area contributed by atoms with Crippen molar-refractivity contribution in [1.29, 1.82) is 16.1 Å². The maximum Gasteiger partial charge on any atom is 0.254 e. The molecule has 0 saturated carbocycles. The van der Waals surface area contributed by atoms with E-state index in [1.807, 2.05) is 55.1 Å². The van der Waals surface area contributed by atoms with E-state index in [-0.39, 0.29) is 17.7 Å². The van der Waals surface area contributed by atoms with E-state index >= 15 is 0 Å². The van der Waals surface area contributed by atoms with Gasteiger partial charge in [0.2, 0.25) is 0 Å². The Kier molecular flexibility index (Phi) is 5.84. The Morgan fingerprint density at radius 3 is 2.31 bits per heavy atom. The highest BCUT2D eigenvalue weighted by atomic mass is 16.2. The number of hydrogen-bond donors (Lipinski definition) is 2. The summed E-state index contributed by atoms with van der Waals surface area (Å²) in [6.45, 7) is 8.80. The number of rotatable bonds is 6. The molecular formula is C26H29N5O. The van der Waals surface area contributed by atoms with Crippen LogP contribution >= 0.6 is 0 Å². The SMILES string of the molecule is CC(=N)C(C)C(=N)c1cc(C(=O)N2CC(c3ccc(C#N)cc3)C2)c(C)cc1N1CCC1. The largest absolute Gasteiger partial charge is 0.371 e. The molecule has 2 aromatic rings. The average molecular weight is 428 g/mol. The van der Waals surface area contributed by atoms with Crippen molar-refractivity contribution < 1.29 is 4.79 Å². The van der Waals surface area contributed by atoms with Gasteiger partial charge in [-0.2, -0.15) is 5.26 Å². The summed E-state index contributed by atoms with van der Waals surface area (Å²) in [7, 11) is 0. The molecule has 6 heteroatoms. The molecular weight excluding hydrogens is 398 g/mol. The molecule has 32 heavy (non-hydrogen) atoms. The number of nitriles is 1. The van der Waals surface area contributed by atoms with Gasteiger partial charge in [-0.15, -0.1) is 0 Å². The number of carbonyl (C=O) groups is 1. The molecule has 2 aromatic carbocycles. The monoisotopic (exact) mass is 427 g/mol. The van der Waals surface area contributed by atoms with Crippen LogP contribution in [-0.4, -0.2) is 48.4 Å². The zero-order valence-electron chi connectivity index (χ0n) is 18.9. The van der Waals surface area contributed by atoms with E-state index in [0.29, 0.717) is 35.6 Å². The highest BCUT2D eigenvalue weighted by molar-refractivity contribution is 6.15. The van der Waals surface area contributed by atoms with Crippen LogP contribution in [-0.2, 0) is 0 Å². The third kappa shape index (κ3) is 3.91. The molecule has 0 aromatic heterocycles. The molecule has 0 aliphatic carbocycles. The van der Waals surface area contributed by atoms with E-state index in [1.165, 1.54) is 0 Å². The van der Waals surface area contributed by atoms with Gasteiger partial charge in [-0.05, 0) is 55.7 Å². The standard InChI is InChI=1S/C26H29N5O/c1-16-11-24(30-9-4-10-30)23(25(29)17(2)18(3)28)12-22(16)26(32)31-14-21(15-31)20-7-5-19(13-27)6-8-20/h5-8,11-12,17,21,28-29H,4,9-10,14-15H2,1-3H3. The van der Waals surface area contributed by atoms with Crippen molar-refractivity contribution in [1.82, 2.24) is 4.90 Å². The molecule has 0 bridgehead atoms. The van der Waals surface area contributed by atoms with Gasteiger partial charge in [-0.1, -0.05) is 19.1 Å². The first-order valence-electron chi connectivity index (χ1n) is 11.1. The predicted molar refractivity (Wildman–Crippen MR) is 127 cm³/mol. The van der Waals surface area contributed by atoms with E-state index in [1.54, 1.807) is 6.92 Å². The summed E-state index contributed by atoms with van der Waals surface area (Å²) >= 11 is 0. The Bertz CT molecular complexity index is 1120. The third-order valence-corrected chi connectivity index (χ3v) is 6.82. The van der Waals surface area contributed by atoms with Gasteiger partial charge in [-0.25, -0.2) is 0 Å². The summed E-state index contributed by atoms with van der Waals surface area (Å²) in [5.74, 6) is -0.00740. The van der Waals surface area contributed by atoms with E-state index in [9.17, 15) is 4.79 Å². The highest BCUT2D eigenvalue weighted by Crippen LogP contribution is 2.33. The molecule has 4 rings (SSSR count). The Morgan fingerprint density at radius 2 is 1.78 bits per heavy atom. The second-order valence-electron chi connectivity index (χ2n) is 8.98. The van der Waals surface area contributed by atoms with Crippen LogP contribution in [0.15, 0.2) is 36.4 Å². The first-order valence-corrected chi connectivity index (χ1v) is 11.1. The molecule has 1 unspecified atom stereocenters. The molecule has 0 radical (unpaired) electrons. The second kappa shape index (κ2) is 8.58. The van der Waals surface area contributed by atoms with Crippen molar-refractivity contribution in [2.75, 3.05) is 31.1 Å². The lowest BCUT2D eigenvalue weighted by Gasteiger charge is -2.40. The lowest BCUT2D eigenvalue weighted by Crippen LogP contribution is -2.48. The molecule has 2 saturated heterocycles. The van der Waals surface area contributed by atoms with Crippen molar-refractivity contribution >= 4 is 23.0 Å². The summed E-state index contributed by atoms with van der Waals surface area (Å²) in [6, 6.07) is 13.6. The number of carbonyl (C=O) groups excluding carboxylic acids is 1. The lowest BCUT2D eigenvalue weighted by atomic mass is 9.88. The molecule has 6 nitrogen and oxygen atoms in total.